The molecule has 1 aliphatic heterocycles. The van der Waals surface area contributed by atoms with Gasteiger partial charge in [0.25, 0.3) is 5.91 Å². The number of halogens is 2. The van der Waals surface area contributed by atoms with Gasteiger partial charge in [0.1, 0.15) is 5.75 Å². The highest BCUT2D eigenvalue weighted by molar-refractivity contribution is 6.34. The minimum Gasteiger partial charge on any atom is -0.482 e. The number of nitrogens with zero attached hydrogens (tertiary/aromatic N) is 1. The standard InChI is InChI=1S/C15H20Cl2N2O2/c1-10(18)11-4-6-19(7-5-11)15(20)9-21-14-8-12(16)2-3-13(14)17/h2-3,8,10-11H,4-7,9,18H2,1H3. The summed E-state index contributed by atoms with van der Waals surface area (Å²) in [6.45, 7) is 3.46. The zero-order valence-corrected chi connectivity index (χ0v) is 13.5. The average Bonchev–Trinajstić information content (AvgIpc) is 2.48. The summed E-state index contributed by atoms with van der Waals surface area (Å²) in [6, 6.07) is 5.12. The van der Waals surface area contributed by atoms with Crippen LogP contribution in [-0.4, -0.2) is 36.5 Å². The number of hydrogen-bond acceptors (Lipinski definition) is 3. The zero-order chi connectivity index (χ0) is 15.4. The molecule has 116 valence electrons. The van der Waals surface area contributed by atoms with Gasteiger partial charge in [-0.05, 0) is 37.8 Å². The van der Waals surface area contributed by atoms with Gasteiger partial charge >= 0.3 is 0 Å². The van der Waals surface area contributed by atoms with Crippen molar-refractivity contribution in [3.63, 3.8) is 0 Å². The third-order valence-electron chi connectivity index (χ3n) is 3.88. The van der Waals surface area contributed by atoms with Crippen LogP contribution in [0.1, 0.15) is 19.8 Å². The molecule has 0 aromatic heterocycles. The lowest BCUT2D eigenvalue weighted by Gasteiger charge is -2.33. The summed E-state index contributed by atoms with van der Waals surface area (Å²) in [5.74, 6) is 0.898. The van der Waals surface area contributed by atoms with Crippen LogP contribution in [0.4, 0.5) is 0 Å². The fraction of sp³-hybridized carbons (Fsp3) is 0.533. The monoisotopic (exact) mass is 330 g/mol. The molecule has 0 bridgehead atoms. The number of benzene rings is 1. The molecule has 1 saturated heterocycles. The molecule has 1 amide bonds. The Morgan fingerprint density at radius 3 is 2.71 bits per heavy atom. The lowest BCUT2D eigenvalue weighted by Crippen LogP contribution is -2.44. The van der Waals surface area contributed by atoms with Crippen molar-refractivity contribution < 1.29 is 9.53 Å². The maximum atomic E-state index is 12.1. The van der Waals surface area contributed by atoms with Crippen LogP contribution in [0, 0.1) is 5.92 Å². The van der Waals surface area contributed by atoms with E-state index in [4.69, 9.17) is 33.7 Å². The lowest BCUT2D eigenvalue weighted by molar-refractivity contribution is -0.134. The number of likely N-dealkylation sites (tertiary alicyclic amines) is 1. The van der Waals surface area contributed by atoms with Crippen LogP contribution in [0.5, 0.6) is 5.75 Å². The second-order valence-electron chi connectivity index (χ2n) is 5.44. The molecule has 0 spiro atoms. The summed E-state index contributed by atoms with van der Waals surface area (Å²) in [5, 5.41) is 0.975. The number of amides is 1. The Bertz CT molecular complexity index is 500. The molecule has 1 unspecified atom stereocenters. The predicted octanol–water partition coefficient (Wildman–Crippen LogP) is 2.96. The van der Waals surface area contributed by atoms with Crippen molar-refractivity contribution >= 4 is 29.1 Å². The van der Waals surface area contributed by atoms with Crippen LogP contribution in [0.15, 0.2) is 18.2 Å². The van der Waals surface area contributed by atoms with Crippen LogP contribution in [0.25, 0.3) is 0 Å². The highest BCUT2D eigenvalue weighted by Crippen LogP contribution is 2.28. The highest BCUT2D eigenvalue weighted by atomic mass is 35.5. The second-order valence-corrected chi connectivity index (χ2v) is 6.28. The molecule has 1 atom stereocenters. The van der Waals surface area contributed by atoms with E-state index in [1.165, 1.54) is 0 Å². The number of piperidine rings is 1. The van der Waals surface area contributed by atoms with E-state index < -0.39 is 0 Å². The van der Waals surface area contributed by atoms with Crippen LogP contribution >= 0.6 is 23.2 Å². The molecule has 0 saturated carbocycles. The van der Waals surface area contributed by atoms with Crippen LogP contribution in [0.3, 0.4) is 0 Å². The van der Waals surface area contributed by atoms with Crippen molar-refractivity contribution in [2.75, 3.05) is 19.7 Å². The van der Waals surface area contributed by atoms with Crippen LogP contribution in [-0.2, 0) is 4.79 Å². The quantitative estimate of drug-likeness (QED) is 0.923. The fourth-order valence-corrected chi connectivity index (χ4v) is 2.83. The van der Waals surface area contributed by atoms with E-state index in [9.17, 15) is 4.79 Å². The molecule has 1 fully saturated rings. The maximum absolute atomic E-state index is 12.1. The summed E-state index contributed by atoms with van der Waals surface area (Å²) >= 11 is 11.9. The van der Waals surface area contributed by atoms with Gasteiger partial charge < -0.3 is 15.4 Å². The molecule has 21 heavy (non-hydrogen) atoms. The van der Waals surface area contributed by atoms with Gasteiger partial charge in [-0.3, -0.25) is 4.79 Å². The largest absolute Gasteiger partial charge is 0.482 e. The number of ether oxygens (including phenoxy) is 1. The summed E-state index contributed by atoms with van der Waals surface area (Å²) < 4.78 is 5.47. The van der Waals surface area contributed by atoms with Gasteiger partial charge in [0.15, 0.2) is 6.61 Å². The minimum absolute atomic E-state index is 0.0249. The Balaban J connectivity index is 1.84. The van der Waals surface area contributed by atoms with Crippen molar-refractivity contribution in [3.8, 4) is 5.75 Å². The Morgan fingerprint density at radius 2 is 2.10 bits per heavy atom. The van der Waals surface area contributed by atoms with Gasteiger partial charge in [-0.1, -0.05) is 23.2 Å². The third-order valence-corrected chi connectivity index (χ3v) is 4.43. The predicted molar refractivity (Wildman–Crippen MR) is 84.9 cm³/mol. The maximum Gasteiger partial charge on any atom is 0.260 e. The van der Waals surface area contributed by atoms with Gasteiger partial charge in [-0.2, -0.15) is 0 Å². The first-order valence-corrected chi connectivity index (χ1v) is 7.84. The molecule has 6 heteroatoms. The van der Waals surface area contributed by atoms with Crippen molar-refractivity contribution in [1.29, 1.82) is 0 Å². The Kier molecular flexibility index (Phi) is 5.73. The molecular formula is C15H20Cl2N2O2. The normalized spacial score (nSPS) is 17.6. The smallest absolute Gasteiger partial charge is 0.260 e. The van der Waals surface area contributed by atoms with Gasteiger partial charge in [0, 0.05) is 30.2 Å². The van der Waals surface area contributed by atoms with Crippen molar-refractivity contribution in [1.82, 2.24) is 4.90 Å². The number of carbonyl (C=O) groups is 1. The molecular weight excluding hydrogens is 311 g/mol. The Morgan fingerprint density at radius 1 is 1.43 bits per heavy atom. The SMILES string of the molecule is CC(N)C1CCN(C(=O)COc2cc(Cl)ccc2Cl)CC1. The van der Waals surface area contributed by atoms with Gasteiger partial charge in [-0.25, -0.2) is 0 Å². The lowest BCUT2D eigenvalue weighted by atomic mass is 9.91. The topological polar surface area (TPSA) is 55.6 Å². The first-order chi connectivity index (χ1) is 9.97. The second kappa shape index (κ2) is 7.34. The number of hydrogen-bond donors (Lipinski definition) is 1. The summed E-state index contributed by atoms with van der Waals surface area (Å²) in [4.78, 5) is 14.0. The van der Waals surface area contributed by atoms with E-state index in [0.29, 0.717) is 21.7 Å². The third kappa shape index (κ3) is 4.50. The van der Waals surface area contributed by atoms with Crippen molar-refractivity contribution in [3.05, 3.63) is 28.2 Å². The van der Waals surface area contributed by atoms with Gasteiger partial charge in [0.05, 0.1) is 5.02 Å². The van der Waals surface area contributed by atoms with Crippen molar-refractivity contribution in [2.24, 2.45) is 11.7 Å². The molecule has 4 nitrogen and oxygen atoms in total. The van der Waals surface area contributed by atoms with Crippen molar-refractivity contribution in [2.45, 2.75) is 25.8 Å². The summed E-state index contributed by atoms with van der Waals surface area (Å²) in [7, 11) is 0. The van der Waals surface area contributed by atoms with E-state index >= 15 is 0 Å². The summed E-state index contributed by atoms with van der Waals surface area (Å²) in [5.41, 5.74) is 5.90. The van der Waals surface area contributed by atoms with E-state index in [2.05, 4.69) is 0 Å². The molecule has 2 rings (SSSR count). The van der Waals surface area contributed by atoms with Crippen LogP contribution < -0.4 is 10.5 Å². The van der Waals surface area contributed by atoms with E-state index in [1.807, 2.05) is 11.8 Å². The number of rotatable bonds is 4. The van der Waals surface area contributed by atoms with Crippen LogP contribution in [0.2, 0.25) is 10.0 Å². The van der Waals surface area contributed by atoms with E-state index in [1.54, 1.807) is 18.2 Å². The van der Waals surface area contributed by atoms with Gasteiger partial charge in [-0.15, -0.1) is 0 Å². The highest BCUT2D eigenvalue weighted by Gasteiger charge is 2.25. The molecule has 1 aromatic carbocycles. The first kappa shape index (κ1) is 16.4. The molecule has 1 aromatic rings. The first-order valence-electron chi connectivity index (χ1n) is 7.08. The van der Waals surface area contributed by atoms with Gasteiger partial charge in [0.2, 0.25) is 0 Å². The van der Waals surface area contributed by atoms with E-state index in [-0.39, 0.29) is 18.6 Å². The zero-order valence-electron chi connectivity index (χ0n) is 12.0. The molecule has 0 radical (unpaired) electrons. The fourth-order valence-electron chi connectivity index (χ4n) is 2.49. The molecule has 0 aliphatic carbocycles. The number of nitrogens with two attached hydrogens (primary N) is 1. The Hall–Kier alpha value is -0.970. The number of carbonyl (C=O) groups excluding carboxylic acids is 1. The Labute approximate surface area is 135 Å². The molecule has 1 aliphatic rings. The molecule has 2 N–H and O–H groups in total. The minimum atomic E-state index is -0.0332. The van der Waals surface area contributed by atoms with E-state index in [0.717, 1.165) is 25.9 Å². The average molecular weight is 331 g/mol. The summed E-state index contributed by atoms with van der Waals surface area (Å²) in [6.07, 6.45) is 1.89. The molecule has 1 heterocycles.